The minimum absolute atomic E-state index is 0.277. The predicted octanol–water partition coefficient (Wildman–Crippen LogP) is 6.78. The number of hydrogen-bond acceptors (Lipinski definition) is 4. The number of aromatic nitrogens is 4. The minimum atomic E-state index is 0.277. The highest BCUT2D eigenvalue weighted by Crippen LogP contribution is 2.45. The van der Waals surface area contributed by atoms with Gasteiger partial charge in [0.1, 0.15) is 5.65 Å². The van der Waals surface area contributed by atoms with Crippen LogP contribution in [0.3, 0.4) is 0 Å². The number of rotatable bonds is 3. The lowest BCUT2D eigenvalue weighted by atomic mass is 9.66. The molecular weight excluding hydrogens is 394 g/mol. The van der Waals surface area contributed by atoms with Gasteiger partial charge in [-0.2, -0.15) is 0 Å². The van der Waals surface area contributed by atoms with Gasteiger partial charge in [-0.25, -0.2) is 15.0 Å². The average molecular weight is 432 g/mol. The Morgan fingerprint density at radius 2 is 1.69 bits per heavy atom. The molecule has 5 heteroatoms. The Morgan fingerprint density at radius 1 is 1.03 bits per heavy atom. The quantitative estimate of drug-likeness (QED) is 0.464. The van der Waals surface area contributed by atoms with Crippen molar-refractivity contribution < 1.29 is 0 Å². The van der Waals surface area contributed by atoms with E-state index < -0.39 is 0 Å². The summed E-state index contributed by atoms with van der Waals surface area (Å²) in [6, 6.07) is 3.94. The van der Waals surface area contributed by atoms with Crippen molar-refractivity contribution in [3.63, 3.8) is 0 Å². The van der Waals surface area contributed by atoms with Gasteiger partial charge in [0.2, 0.25) is 5.95 Å². The summed E-state index contributed by atoms with van der Waals surface area (Å²) in [5.41, 5.74) is 11.9. The lowest BCUT2D eigenvalue weighted by Gasteiger charge is -2.39. The van der Waals surface area contributed by atoms with E-state index in [1.165, 1.54) is 56.9 Å². The van der Waals surface area contributed by atoms with Crippen LogP contribution in [0.2, 0.25) is 0 Å². The number of imidazole rings is 1. The molecule has 5 nitrogen and oxygen atoms in total. The second kappa shape index (κ2) is 10.6. The molecule has 0 spiro atoms. The number of nitrogens with zero attached hydrogens (tertiary/aromatic N) is 4. The fourth-order valence-corrected chi connectivity index (χ4v) is 4.05. The molecular formula is C27H37N5. The summed E-state index contributed by atoms with van der Waals surface area (Å²) < 4.78 is 1.95. The van der Waals surface area contributed by atoms with Crippen molar-refractivity contribution in [1.82, 2.24) is 19.4 Å². The SMILES string of the molecule is C1CCCC1.C=C(C)C1(C)CCC1.C=C(c1ccc2nccn2c1)c1cnc(N)nc1C. The summed E-state index contributed by atoms with van der Waals surface area (Å²) in [6.45, 7) is 14.4. The van der Waals surface area contributed by atoms with E-state index in [9.17, 15) is 0 Å². The standard InChI is InChI=1S/C14H13N5.C8H14.C5H10/c1-9(12-7-17-14(15)18-10(12)2)11-3-4-13-16-5-6-19(13)8-11;1-7(2)8(3)5-4-6-8;1-2-4-5-3-1/h3-8H,1H2,2H3,(H2,15,17,18);1,4-6H2,2-3H3;1-5H2. The lowest BCUT2D eigenvalue weighted by molar-refractivity contribution is 0.215. The number of aryl methyl sites for hydroxylation is 1. The predicted molar refractivity (Wildman–Crippen MR) is 134 cm³/mol. The molecule has 3 aromatic rings. The maximum absolute atomic E-state index is 5.56. The molecule has 2 aliphatic rings. The Hall–Kier alpha value is -2.95. The molecule has 2 saturated carbocycles. The second-order valence-corrected chi connectivity index (χ2v) is 9.28. The molecule has 0 unspecified atom stereocenters. The van der Waals surface area contributed by atoms with Crippen molar-refractivity contribution in [1.29, 1.82) is 0 Å². The highest BCUT2D eigenvalue weighted by atomic mass is 15.0. The van der Waals surface area contributed by atoms with Crippen LogP contribution in [0.25, 0.3) is 11.2 Å². The van der Waals surface area contributed by atoms with Gasteiger partial charge in [0, 0.05) is 30.4 Å². The van der Waals surface area contributed by atoms with E-state index in [0.717, 1.165) is 28.0 Å². The largest absolute Gasteiger partial charge is 0.368 e. The van der Waals surface area contributed by atoms with Gasteiger partial charge in [0.05, 0.1) is 5.69 Å². The molecule has 0 radical (unpaired) electrons. The number of nitrogen functional groups attached to an aromatic ring is 1. The number of allylic oxidation sites excluding steroid dienone is 1. The van der Waals surface area contributed by atoms with E-state index in [0.29, 0.717) is 5.41 Å². The molecule has 0 atom stereocenters. The minimum Gasteiger partial charge on any atom is -0.368 e. The highest BCUT2D eigenvalue weighted by molar-refractivity contribution is 5.79. The summed E-state index contributed by atoms with van der Waals surface area (Å²) in [5.74, 6) is 0.277. The summed E-state index contributed by atoms with van der Waals surface area (Å²) in [6.07, 6.45) is 19.0. The molecule has 0 amide bonds. The molecule has 0 saturated heterocycles. The zero-order valence-electron chi connectivity index (χ0n) is 19.9. The van der Waals surface area contributed by atoms with Gasteiger partial charge in [0.15, 0.2) is 0 Å². The van der Waals surface area contributed by atoms with Gasteiger partial charge in [-0.3, -0.25) is 0 Å². The topological polar surface area (TPSA) is 69.1 Å². The van der Waals surface area contributed by atoms with Crippen molar-refractivity contribution >= 4 is 17.2 Å². The molecule has 0 bridgehead atoms. The summed E-state index contributed by atoms with van der Waals surface area (Å²) in [5, 5.41) is 0. The van der Waals surface area contributed by atoms with Gasteiger partial charge < -0.3 is 10.1 Å². The van der Waals surface area contributed by atoms with E-state index in [-0.39, 0.29) is 5.95 Å². The summed E-state index contributed by atoms with van der Waals surface area (Å²) in [4.78, 5) is 12.4. The monoisotopic (exact) mass is 431 g/mol. The number of hydrogen-bond donors (Lipinski definition) is 1. The fraction of sp³-hybridized carbons (Fsp3) is 0.444. The third-order valence-electron chi connectivity index (χ3n) is 6.80. The van der Waals surface area contributed by atoms with Gasteiger partial charge in [-0.15, -0.1) is 0 Å². The Bertz CT molecular complexity index is 1060. The smallest absolute Gasteiger partial charge is 0.220 e. The van der Waals surface area contributed by atoms with Crippen LogP contribution in [0.1, 0.15) is 82.0 Å². The van der Waals surface area contributed by atoms with Crippen molar-refractivity contribution in [2.24, 2.45) is 5.41 Å². The highest BCUT2D eigenvalue weighted by Gasteiger charge is 2.31. The van der Waals surface area contributed by atoms with Gasteiger partial charge in [-0.05, 0) is 55.4 Å². The van der Waals surface area contributed by atoms with Crippen molar-refractivity contribution in [2.75, 3.05) is 5.73 Å². The van der Waals surface area contributed by atoms with Crippen molar-refractivity contribution in [2.45, 2.75) is 72.1 Å². The molecule has 3 heterocycles. The van der Waals surface area contributed by atoms with Crippen LogP contribution < -0.4 is 5.73 Å². The maximum atomic E-state index is 5.56. The Labute approximate surface area is 192 Å². The van der Waals surface area contributed by atoms with Crippen molar-refractivity contribution in [3.8, 4) is 0 Å². The Balaban J connectivity index is 0.000000181. The lowest BCUT2D eigenvalue weighted by Crippen LogP contribution is -2.25. The molecule has 0 aliphatic heterocycles. The number of nitrogens with two attached hydrogens (primary N) is 1. The third kappa shape index (κ3) is 5.84. The van der Waals surface area contributed by atoms with Crippen LogP contribution in [0, 0.1) is 12.3 Å². The van der Waals surface area contributed by atoms with E-state index in [2.05, 4.69) is 42.0 Å². The van der Waals surface area contributed by atoms with Crippen LogP contribution in [-0.4, -0.2) is 19.4 Å². The zero-order valence-corrected chi connectivity index (χ0v) is 19.9. The normalized spacial score (nSPS) is 16.2. The molecule has 32 heavy (non-hydrogen) atoms. The van der Waals surface area contributed by atoms with Gasteiger partial charge in [0.25, 0.3) is 0 Å². The first-order chi connectivity index (χ1) is 15.3. The first kappa shape index (κ1) is 23.7. The van der Waals surface area contributed by atoms with E-state index in [4.69, 9.17) is 5.73 Å². The maximum Gasteiger partial charge on any atom is 0.220 e. The molecule has 2 fully saturated rings. The molecule has 2 aliphatic carbocycles. The zero-order chi connectivity index (χ0) is 23.1. The Morgan fingerprint density at radius 3 is 2.19 bits per heavy atom. The van der Waals surface area contributed by atoms with Crippen LogP contribution in [0.4, 0.5) is 5.95 Å². The number of fused-ring (bicyclic) bond motifs is 1. The van der Waals surface area contributed by atoms with Crippen LogP contribution in [0.15, 0.2) is 55.7 Å². The first-order valence-corrected chi connectivity index (χ1v) is 11.7. The van der Waals surface area contributed by atoms with Crippen LogP contribution in [0.5, 0.6) is 0 Å². The van der Waals surface area contributed by atoms with E-state index >= 15 is 0 Å². The van der Waals surface area contributed by atoms with Gasteiger partial charge in [-0.1, -0.05) is 64.2 Å². The van der Waals surface area contributed by atoms with E-state index in [1.807, 2.05) is 35.9 Å². The Kier molecular flexibility index (Phi) is 7.84. The molecule has 5 rings (SSSR count). The molecule has 0 aromatic carbocycles. The van der Waals surface area contributed by atoms with Crippen LogP contribution >= 0.6 is 0 Å². The summed E-state index contributed by atoms with van der Waals surface area (Å²) >= 11 is 0. The van der Waals surface area contributed by atoms with E-state index in [1.54, 1.807) is 12.4 Å². The fourth-order valence-electron chi connectivity index (χ4n) is 4.05. The van der Waals surface area contributed by atoms with Crippen molar-refractivity contribution in [3.05, 3.63) is 72.5 Å². The average Bonchev–Trinajstić information content (AvgIpc) is 3.46. The summed E-state index contributed by atoms with van der Waals surface area (Å²) in [7, 11) is 0. The number of pyridine rings is 1. The first-order valence-electron chi connectivity index (χ1n) is 11.7. The molecule has 3 aromatic heterocycles. The van der Waals surface area contributed by atoms with Crippen LogP contribution in [-0.2, 0) is 0 Å². The molecule has 170 valence electrons. The second-order valence-electron chi connectivity index (χ2n) is 9.28. The van der Waals surface area contributed by atoms with Gasteiger partial charge >= 0.3 is 0 Å². The molecule has 2 N–H and O–H groups in total. The third-order valence-corrected chi connectivity index (χ3v) is 6.80. The number of anilines is 1.